The van der Waals surface area contributed by atoms with Crippen molar-refractivity contribution in [3.05, 3.63) is 35.9 Å². The van der Waals surface area contributed by atoms with Crippen LogP contribution >= 0.6 is 0 Å². The molecule has 1 aromatic rings. The minimum absolute atomic E-state index is 0.114. The van der Waals surface area contributed by atoms with Gasteiger partial charge in [-0.1, -0.05) is 37.3 Å². The molecule has 0 saturated carbocycles. The lowest BCUT2D eigenvalue weighted by atomic mass is 10.1. The van der Waals surface area contributed by atoms with Crippen molar-refractivity contribution in [2.75, 3.05) is 33.2 Å². The predicted molar refractivity (Wildman–Crippen MR) is 81.1 cm³/mol. The second-order valence-electron chi connectivity index (χ2n) is 5.66. The van der Waals surface area contributed by atoms with E-state index in [0.717, 1.165) is 19.1 Å². The van der Waals surface area contributed by atoms with Crippen molar-refractivity contribution in [1.29, 1.82) is 0 Å². The Labute approximate surface area is 117 Å². The summed E-state index contributed by atoms with van der Waals surface area (Å²) in [4.78, 5) is 4.97. The average molecular weight is 261 g/mol. The van der Waals surface area contributed by atoms with Crippen molar-refractivity contribution >= 4 is 0 Å². The van der Waals surface area contributed by atoms with Gasteiger partial charge in [-0.05, 0) is 38.5 Å². The Kier molecular flexibility index (Phi) is 5.37. The van der Waals surface area contributed by atoms with E-state index in [4.69, 9.17) is 5.73 Å². The van der Waals surface area contributed by atoms with Crippen LogP contribution in [0.25, 0.3) is 0 Å². The molecule has 0 amide bonds. The van der Waals surface area contributed by atoms with E-state index >= 15 is 0 Å². The maximum Gasteiger partial charge on any atom is 0.0424 e. The molecule has 3 heteroatoms. The highest BCUT2D eigenvalue weighted by Crippen LogP contribution is 2.18. The Bertz CT molecular complexity index is 366. The first kappa shape index (κ1) is 14.5. The Balaban J connectivity index is 1.82. The van der Waals surface area contributed by atoms with Crippen molar-refractivity contribution in [1.82, 2.24) is 9.80 Å². The molecule has 2 atom stereocenters. The molecule has 2 rings (SSSR count). The van der Waals surface area contributed by atoms with E-state index in [9.17, 15) is 0 Å². The molecular weight excluding hydrogens is 234 g/mol. The van der Waals surface area contributed by atoms with Crippen LogP contribution in [0.1, 0.15) is 31.4 Å². The number of likely N-dealkylation sites (tertiary alicyclic amines) is 1. The number of nitrogens with two attached hydrogens (primary N) is 1. The molecule has 2 unspecified atom stereocenters. The van der Waals surface area contributed by atoms with E-state index in [1.807, 2.05) is 6.07 Å². The smallest absolute Gasteiger partial charge is 0.0424 e. The van der Waals surface area contributed by atoms with Gasteiger partial charge in [-0.15, -0.1) is 0 Å². The normalized spacial score (nSPS) is 22.0. The van der Waals surface area contributed by atoms with Crippen LogP contribution in [0.2, 0.25) is 0 Å². The molecule has 0 spiro atoms. The summed E-state index contributed by atoms with van der Waals surface area (Å²) in [5, 5.41) is 0. The van der Waals surface area contributed by atoms with Crippen LogP contribution in [-0.2, 0) is 0 Å². The molecule has 1 aliphatic heterocycles. The van der Waals surface area contributed by atoms with E-state index in [1.54, 1.807) is 0 Å². The molecule has 2 N–H and O–H groups in total. The van der Waals surface area contributed by atoms with Gasteiger partial charge in [0, 0.05) is 25.2 Å². The lowest BCUT2D eigenvalue weighted by Crippen LogP contribution is -2.41. The first-order chi connectivity index (χ1) is 9.20. The zero-order chi connectivity index (χ0) is 13.7. The number of likely N-dealkylation sites (N-methyl/N-ethyl adjacent to an activating group) is 2. The second kappa shape index (κ2) is 7.04. The van der Waals surface area contributed by atoms with Crippen LogP contribution < -0.4 is 5.73 Å². The highest BCUT2D eigenvalue weighted by Gasteiger charge is 2.24. The number of rotatable bonds is 6. The van der Waals surface area contributed by atoms with Gasteiger partial charge >= 0.3 is 0 Å². The summed E-state index contributed by atoms with van der Waals surface area (Å²) in [6, 6.07) is 11.2. The molecule has 1 aliphatic rings. The zero-order valence-corrected chi connectivity index (χ0v) is 12.3. The van der Waals surface area contributed by atoms with Crippen molar-refractivity contribution in [2.24, 2.45) is 5.73 Å². The quantitative estimate of drug-likeness (QED) is 0.851. The summed E-state index contributed by atoms with van der Waals surface area (Å²) in [5.74, 6) is 0. The molecule has 3 nitrogen and oxygen atoms in total. The third kappa shape index (κ3) is 4.03. The minimum atomic E-state index is 0.114. The summed E-state index contributed by atoms with van der Waals surface area (Å²) in [7, 11) is 2.19. The third-order valence-corrected chi connectivity index (χ3v) is 4.16. The monoisotopic (exact) mass is 261 g/mol. The van der Waals surface area contributed by atoms with E-state index in [0.29, 0.717) is 0 Å². The summed E-state index contributed by atoms with van der Waals surface area (Å²) in [6.45, 7) is 6.75. The van der Waals surface area contributed by atoms with Crippen molar-refractivity contribution in [3.63, 3.8) is 0 Å². The fourth-order valence-corrected chi connectivity index (χ4v) is 3.09. The molecule has 0 aliphatic carbocycles. The maximum atomic E-state index is 6.28. The Morgan fingerprint density at radius 3 is 2.79 bits per heavy atom. The Morgan fingerprint density at radius 2 is 2.11 bits per heavy atom. The molecule has 1 saturated heterocycles. The van der Waals surface area contributed by atoms with E-state index in [-0.39, 0.29) is 6.04 Å². The van der Waals surface area contributed by atoms with Crippen LogP contribution in [0, 0.1) is 0 Å². The molecular formula is C16H27N3. The molecule has 1 heterocycles. The molecule has 0 radical (unpaired) electrons. The van der Waals surface area contributed by atoms with Crippen molar-refractivity contribution in [3.8, 4) is 0 Å². The second-order valence-corrected chi connectivity index (χ2v) is 5.66. The average Bonchev–Trinajstić information content (AvgIpc) is 2.86. The standard InChI is InChI=1S/C16H27N3/c1-3-19-11-7-10-15(19)12-18(2)13-16(17)14-8-5-4-6-9-14/h4-6,8-9,15-16H,3,7,10-13,17H2,1-2H3. The molecule has 19 heavy (non-hydrogen) atoms. The van der Waals surface area contributed by atoms with Gasteiger partial charge in [-0.25, -0.2) is 0 Å². The Morgan fingerprint density at radius 1 is 1.37 bits per heavy atom. The minimum Gasteiger partial charge on any atom is -0.323 e. The largest absolute Gasteiger partial charge is 0.323 e. The SMILES string of the molecule is CCN1CCCC1CN(C)CC(N)c1ccccc1. The van der Waals surface area contributed by atoms with Gasteiger partial charge in [0.15, 0.2) is 0 Å². The van der Waals surface area contributed by atoms with Crippen LogP contribution in [0.15, 0.2) is 30.3 Å². The fraction of sp³-hybridized carbons (Fsp3) is 0.625. The summed E-state index contributed by atoms with van der Waals surface area (Å²) < 4.78 is 0. The van der Waals surface area contributed by atoms with Gasteiger partial charge in [0.25, 0.3) is 0 Å². The van der Waals surface area contributed by atoms with Gasteiger partial charge in [0.2, 0.25) is 0 Å². The molecule has 1 fully saturated rings. The lowest BCUT2D eigenvalue weighted by molar-refractivity contribution is 0.193. The fourth-order valence-electron chi connectivity index (χ4n) is 3.09. The van der Waals surface area contributed by atoms with Gasteiger partial charge < -0.3 is 10.6 Å². The highest BCUT2D eigenvalue weighted by molar-refractivity contribution is 5.18. The summed E-state index contributed by atoms with van der Waals surface area (Å²) in [6.07, 6.45) is 2.68. The van der Waals surface area contributed by atoms with Crippen molar-refractivity contribution < 1.29 is 0 Å². The number of nitrogens with zero attached hydrogens (tertiary/aromatic N) is 2. The highest BCUT2D eigenvalue weighted by atomic mass is 15.2. The van der Waals surface area contributed by atoms with Crippen molar-refractivity contribution in [2.45, 2.75) is 31.8 Å². The molecule has 0 aromatic heterocycles. The zero-order valence-electron chi connectivity index (χ0n) is 12.3. The summed E-state index contributed by atoms with van der Waals surface area (Å²) in [5.41, 5.74) is 7.51. The first-order valence-corrected chi connectivity index (χ1v) is 7.43. The van der Waals surface area contributed by atoms with Crippen LogP contribution in [-0.4, -0.2) is 49.1 Å². The van der Waals surface area contributed by atoms with Gasteiger partial charge in [-0.2, -0.15) is 0 Å². The van der Waals surface area contributed by atoms with E-state index in [1.165, 1.54) is 31.5 Å². The number of benzene rings is 1. The maximum absolute atomic E-state index is 6.28. The third-order valence-electron chi connectivity index (χ3n) is 4.16. The van der Waals surface area contributed by atoms with Crippen LogP contribution in [0.3, 0.4) is 0 Å². The van der Waals surface area contributed by atoms with Gasteiger partial charge in [0.05, 0.1) is 0 Å². The van der Waals surface area contributed by atoms with Crippen LogP contribution in [0.5, 0.6) is 0 Å². The number of hydrogen-bond acceptors (Lipinski definition) is 3. The van der Waals surface area contributed by atoms with Crippen LogP contribution in [0.4, 0.5) is 0 Å². The molecule has 1 aromatic carbocycles. The lowest BCUT2D eigenvalue weighted by Gasteiger charge is -2.29. The topological polar surface area (TPSA) is 32.5 Å². The van der Waals surface area contributed by atoms with E-state index in [2.05, 4.69) is 48.0 Å². The van der Waals surface area contributed by atoms with E-state index < -0.39 is 0 Å². The predicted octanol–water partition coefficient (Wildman–Crippen LogP) is 2.10. The molecule has 0 bridgehead atoms. The Hall–Kier alpha value is -0.900. The summed E-state index contributed by atoms with van der Waals surface area (Å²) >= 11 is 0. The van der Waals surface area contributed by atoms with Gasteiger partial charge in [0.1, 0.15) is 0 Å². The van der Waals surface area contributed by atoms with Gasteiger partial charge in [-0.3, -0.25) is 4.90 Å². The molecule has 106 valence electrons. The first-order valence-electron chi connectivity index (χ1n) is 7.43. The number of hydrogen-bond donors (Lipinski definition) is 1.